The van der Waals surface area contributed by atoms with Crippen LogP contribution in [0.2, 0.25) is 0 Å². The molecule has 4 rings (SSSR count). The Morgan fingerprint density at radius 1 is 0.929 bits per heavy atom. The predicted molar refractivity (Wildman–Crippen MR) is 113 cm³/mol. The van der Waals surface area contributed by atoms with Crippen LogP contribution in [0.3, 0.4) is 0 Å². The fourth-order valence-corrected chi connectivity index (χ4v) is 3.19. The molecule has 0 unspecified atom stereocenters. The van der Waals surface area contributed by atoms with E-state index in [9.17, 15) is 5.11 Å². The van der Waals surface area contributed by atoms with Crippen LogP contribution >= 0.6 is 0 Å². The summed E-state index contributed by atoms with van der Waals surface area (Å²) in [6.07, 6.45) is 1.59. The fraction of sp³-hybridized carbons (Fsp3) is 0.0476. The molecule has 7 heteroatoms. The molecule has 0 saturated carbocycles. The van der Waals surface area contributed by atoms with Gasteiger partial charge in [0, 0.05) is 29.7 Å². The van der Waals surface area contributed by atoms with Gasteiger partial charge in [0.1, 0.15) is 11.6 Å². The summed E-state index contributed by atoms with van der Waals surface area (Å²) in [7, 11) is 0. The summed E-state index contributed by atoms with van der Waals surface area (Å²) in [5.74, 6) is 1.01. The monoisotopic (exact) mass is 372 g/mol. The van der Waals surface area contributed by atoms with Gasteiger partial charge in [-0.3, -0.25) is 0 Å². The summed E-state index contributed by atoms with van der Waals surface area (Å²) in [6.45, 7) is 0.307. The molecular formula is C21H20N6O. The molecular weight excluding hydrogens is 352 g/mol. The summed E-state index contributed by atoms with van der Waals surface area (Å²) in [4.78, 5) is 8.07. The number of nitrogens with two attached hydrogens (primary N) is 3. The Bertz CT molecular complexity index is 1170. The van der Waals surface area contributed by atoms with Crippen LogP contribution in [0.1, 0.15) is 5.56 Å². The van der Waals surface area contributed by atoms with Crippen LogP contribution in [0, 0.1) is 0 Å². The lowest BCUT2D eigenvalue weighted by Crippen LogP contribution is -2.05. The van der Waals surface area contributed by atoms with Crippen molar-refractivity contribution in [3.8, 4) is 16.9 Å². The van der Waals surface area contributed by atoms with E-state index in [0.717, 1.165) is 33.2 Å². The lowest BCUT2D eigenvalue weighted by Gasteiger charge is -2.15. The number of hydrogen-bond acceptors (Lipinski definition) is 7. The van der Waals surface area contributed by atoms with Crippen LogP contribution in [0.15, 0.2) is 60.8 Å². The third kappa shape index (κ3) is 3.38. The quantitative estimate of drug-likeness (QED) is 0.346. The van der Waals surface area contributed by atoms with Crippen molar-refractivity contribution in [2.75, 3.05) is 16.8 Å². The molecule has 1 heterocycles. The van der Waals surface area contributed by atoms with Gasteiger partial charge in [-0.05, 0) is 58.3 Å². The molecule has 0 aliphatic heterocycles. The van der Waals surface area contributed by atoms with E-state index in [4.69, 9.17) is 17.2 Å². The summed E-state index contributed by atoms with van der Waals surface area (Å²) in [5, 5.41) is 14.8. The smallest absolute Gasteiger partial charge is 0.221 e. The summed E-state index contributed by atoms with van der Waals surface area (Å²) < 4.78 is 0. The van der Waals surface area contributed by atoms with Crippen LogP contribution in [0.5, 0.6) is 5.75 Å². The number of nitrogen functional groups attached to an aromatic ring is 2. The van der Waals surface area contributed by atoms with Gasteiger partial charge in [0.15, 0.2) is 0 Å². The zero-order chi connectivity index (χ0) is 19.7. The first-order valence-corrected chi connectivity index (χ1v) is 8.74. The number of benzene rings is 3. The second-order valence-corrected chi connectivity index (χ2v) is 6.47. The number of rotatable bonds is 4. The Balaban J connectivity index is 1.80. The van der Waals surface area contributed by atoms with Crippen molar-refractivity contribution in [1.82, 2.24) is 9.97 Å². The van der Waals surface area contributed by atoms with Crippen molar-refractivity contribution in [1.29, 1.82) is 0 Å². The summed E-state index contributed by atoms with van der Waals surface area (Å²) in [6, 6.07) is 16.8. The Morgan fingerprint density at radius 2 is 1.71 bits per heavy atom. The number of phenolic OH excluding ortho intramolecular Hbond substituents is 1. The first kappa shape index (κ1) is 17.6. The van der Waals surface area contributed by atoms with E-state index in [1.807, 2.05) is 36.4 Å². The molecule has 28 heavy (non-hydrogen) atoms. The van der Waals surface area contributed by atoms with Gasteiger partial charge in [-0.1, -0.05) is 18.2 Å². The van der Waals surface area contributed by atoms with Crippen molar-refractivity contribution in [3.05, 3.63) is 66.4 Å². The first-order chi connectivity index (χ1) is 13.5. The van der Waals surface area contributed by atoms with Crippen LogP contribution in [-0.2, 0) is 6.54 Å². The minimum Gasteiger partial charge on any atom is -0.508 e. The zero-order valence-electron chi connectivity index (χ0n) is 15.1. The molecule has 0 atom stereocenters. The maximum absolute atomic E-state index is 9.66. The normalized spacial score (nSPS) is 10.9. The van der Waals surface area contributed by atoms with Crippen molar-refractivity contribution in [2.24, 2.45) is 5.73 Å². The molecule has 140 valence electrons. The highest BCUT2D eigenvalue weighted by Gasteiger charge is 2.11. The van der Waals surface area contributed by atoms with Gasteiger partial charge < -0.3 is 27.6 Å². The van der Waals surface area contributed by atoms with Gasteiger partial charge in [-0.15, -0.1) is 0 Å². The van der Waals surface area contributed by atoms with Crippen LogP contribution < -0.4 is 22.5 Å². The van der Waals surface area contributed by atoms with Crippen LogP contribution in [0.4, 0.5) is 23.1 Å². The topological polar surface area (TPSA) is 136 Å². The minimum atomic E-state index is 0.192. The molecule has 4 aromatic rings. The molecule has 0 radical (unpaired) electrons. The van der Waals surface area contributed by atoms with Crippen molar-refractivity contribution < 1.29 is 5.11 Å². The van der Waals surface area contributed by atoms with Gasteiger partial charge in [0.2, 0.25) is 5.95 Å². The van der Waals surface area contributed by atoms with Gasteiger partial charge >= 0.3 is 0 Å². The number of nitrogens with one attached hydrogen (secondary N) is 1. The van der Waals surface area contributed by atoms with Crippen molar-refractivity contribution in [2.45, 2.75) is 6.54 Å². The molecule has 0 aliphatic rings. The van der Waals surface area contributed by atoms with Crippen molar-refractivity contribution in [3.63, 3.8) is 0 Å². The molecule has 8 N–H and O–H groups in total. The number of phenols is 1. The maximum Gasteiger partial charge on any atom is 0.221 e. The molecule has 0 fully saturated rings. The number of nitrogens with zero attached hydrogens (tertiary/aromatic N) is 2. The number of aromatic nitrogens is 2. The number of hydrogen-bond donors (Lipinski definition) is 5. The van der Waals surface area contributed by atoms with Gasteiger partial charge in [0.05, 0.1) is 0 Å². The molecule has 0 amide bonds. The van der Waals surface area contributed by atoms with E-state index >= 15 is 0 Å². The highest BCUT2D eigenvalue weighted by molar-refractivity contribution is 5.91. The van der Waals surface area contributed by atoms with E-state index < -0.39 is 0 Å². The molecule has 0 aliphatic carbocycles. The average molecular weight is 372 g/mol. The first-order valence-electron chi connectivity index (χ1n) is 8.74. The number of fused-ring (bicyclic) bond motifs is 1. The van der Waals surface area contributed by atoms with Gasteiger partial charge in [-0.25, -0.2) is 4.98 Å². The average Bonchev–Trinajstić information content (AvgIpc) is 2.69. The summed E-state index contributed by atoms with van der Waals surface area (Å²) in [5.41, 5.74) is 22.0. The maximum atomic E-state index is 9.66. The third-order valence-corrected chi connectivity index (χ3v) is 4.57. The summed E-state index contributed by atoms with van der Waals surface area (Å²) >= 11 is 0. The Hall–Kier alpha value is -3.84. The molecule has 1 aromatic heterocycles. The lowest BCUT2D eigenvalue weighted by molar-refractivity contribution is 0.476. The Morgan fingerprint density at radius 3 is 2.50 bits per heavy atom. The Labute approximate surface area is 161 Å². The highest BCUT2D eigenvalue weighted by Crippen LogP contribution is 2.35. The largest absolute Gasteiger partial charge is 0.508 e. The molecule has 0 spiro atoms. The second-order valence-electron chi connectivity index (χ2n) is 6.47. The molecule has 3 aromatic carbocycles. The van der Waals surface area contributed by atoms with E-state index in [1.54, 1.807) is 24.4 Å². The Kier molecular flexibility index (Phi) is 4.42. The van der Waals surface area contributed by atoms with E-state index in [1.165, 1.54) is 0 Å². The van der Waals surface area contributed by atoms with E-state index in [0.29, 0.717) is 18.1 Å². The van der Waals surface area contributed by atoms with Gasteiger partial charge in [-0.2, -0.15) is 4.98 Å². The zero-order valence-corrected chi connectivity index (χ0v) is 15.1. The number of anilines is 4. The predicted octanol–water partition coefficient (Wildman–Crippen LogP) is 3.37. The van der Waals surface area contributed by atoms with E-state index in [-0.39, 0.29) is 11.7 Å². The third-order valence-electron chi connectivity index (χ3n) is 4.57. The molecule has 7 nitrogen and oxygen atoms in total. The molecule has 0 saturated heterocycles. The van der Waals surface area contributed by atoms with Crippen LogP contribution in [0.25, 0.3) is 21.9 Å². The van der Waals surface area contributed by atoms with Crippen molar-refractivity contribution >= 4 is 33.9 Å². The van der Waals surface area contributed by atoms with Gasteiger partial charge in [0.25, 0.3) is 0 Å². The fourth-order valence-electron chi connectivity index (χ4n) is 3.19. The standard InChI is InChI=1S/C21H20N6O/c22-11-15-8-16(26-19-5-6-25-21(24)27-19)10-18(20(15)23)14-2-1-13-9-17(28)4-3-12(13)7-14/h1-10,28H,11,22-23H2,(H3,24,25,26,27). The SMILES string of the molecule is NCc1cc(Nc2ccnc(N)n2)cc(-c2ccc3cc(O)ccc3c2)c1N. The molecule has 0 bridgehead atoms. The highest BCUT2D eigenvalue weighted by atomic mass is 16.3. The van der Waals surface area contributed by atoms with E-state index in [2.05, 4.69) is 15.3 Å². The van der Waals surface area contributed by atoms with Crippen LogP contribution in [-0.4, -0.2) is 15.1 Å². The second kappa shape index (κ2) is 7.05. The lowest BCUT2D eigenvalue weighted by atomic mass is 9.96. The minimum absolute atomic E-state index is 0.192. The number of aromatic hydroxyl groups is 1.